The Labute approximate surface area is 126 Å². The molecule has 0 heterocycles. The fraction of sp³-hybridized carbons (Fsp3) is 0.385. The maximum absolute atomic E-state index is 12.1. The first-order valence-electron chi connectivity index (χ1n) is 6.39. The Morgan fingerprint density at radius 3 is 2.67 bits per heavy atom. The number of rotatable bonds is 6. The lowest BCUT2D eigenvalue weighted by Gasteiger charge is -2.14. The van der Waals surface area contributed by atoms with E-state index >= 15 is 0 Å². The number of benzene rings is 1. The number of hydrogen-bond donors (Lipinski definition) is 2. The van der Waals surface area contributed by atoms with Crippen molar-refractivity contribution in [2.75, 3.05) is 6.54 Å². The van der Waals surface area contributed by atoms with Gasteiger partial charge in [-0.05, 0) is 25.5 Å². The Hall–Kier alpha value is -2.15. The third kappa shape index (κ3) is 4.71. The summed E-state index contributed by atoms with van der Waals surface area (Å²) in [6, 6.07) is 2.88. The van der Waals surface area contributed by atoms with Crippen molar-refractivity contribution < 1.29 is 14.5 Å². The van der Waals surface area contributed by atoms with E-state index in [1.807, 2.05) is 6.92 Å². The van der Waals surface area contributed by atoms with Crippen LogP contribution in [0.4, 0.5) is 5.69 Å². The highest BCUT2D eigenvalue weighted by molar-refractivity contribution is 6.31. The third-order valence-electron chi connectivity index (χ3n) is 2.69. The van der Waals surface area contributed by atoms with E-state index in [0.29, 0.717) is 6.54 Å². The van der Waals surface area contributed by atoms with Gasteiger partial charge in [-0.3, -0.25) is 19.7 Å². The van der Waals surface area contributed by atoms with Gasteiger partial charge < -0.3 is 10.6 Å². The van der Waals surface area contributed by atoms with E-state index in [1.165, 1.54) is 19.1 Å². The molecule has 7 nitrogen and oxygen atoms in total. The van der Waals surface area contributed by atoms with Crippen molar-refractivity contribution in [2.24, 2.45) is 0 Å². The minimum Gasteiger partial charge on any atom is -0.354 e. The van der Waals surface area contributed by atoms with E-state index in [2.05, 4.69) is 10.6 Å². The summed E-state index contributed by atoms with van der Waals surface area (Å²) in [4.78, 5) is 34.0. The molecule has 1 aromatic carbocycles. The minimum absolute atomic E-state index is 0.178. The zero-order valence-electron chi connectivity index (χ0n) is 11.7. The molecule has 1 rings (SSSR count). The van der Waals surface area contributed by atoms with Gasteiger partial charge in [0.25, 0.3) is 11.6 Å². The number of amides is 2. The molecule has 21 heavy (non-hydrogen) atoms. The monoisotopic (exact) mass is 313 g/mol. The molecule has 2 amide bonds. The molecule has 0 aliphatic heterocycles. The second-order valence-electron chi connectivity index (χ2n) is 4.40. The van der Waals surface area contributed by atoms with Crippen LogP contribution < -0.4 is 10.6 Å². The topological polar surface area (TPSA) is 101 Å². The third-order valence-corrected chi connectivity index (χ3v) is 2.93. The van der Waals surface area contributed by atoms with Crippen molar-refractivity contribution in [3.8, 4) is 0 Å². The molecule has 0 aliphatic carbocycles. The van der Waals surface area contributed by atoms with Crippen LogP contribution in [0.15, 0.2) is 18.2 Å². The molecule has 0 saturated carbocycles. The molecule has 114 valence electrons. The van der Waals surface area contributed by atoms with Crippen LogP contribution in [-0.2, 0) is 4.79 Å². The normalized spacial score (nSPS) is 11.6. The van der Waals surface area contributed by atoms with E-state index in [4.69, 9.17) is 11.6 Å². The van der Waals surface area contributed by atoms with Crippen molar-refractivity contribution in [2.45, 2.75) is 26.3 Å². The molecule has 0 aromatic heterocycles. The number of nitro benzene ring substituents is 1. The zero-order chi connectivity index (χ0) is 16.0. The zero-order valence-corrected chi connectivity index (χ0v) is 12.4. The van der Waals surface area contributed by atoms with Crippen molar-refractivity contribution in [3.63, 3.8) is 0 Å². The van der Waals surface area contributed by atoms with Crippen LogP contribution in [-0.4, -0.2) is 29.3 Å². The second-order valence-corrected chi connectivity index (χ2v) is 4.84. The summed E-state index contributed by atoms with van der Waals surface area (Å²) in [7, 11) is 0. The largest absolute Gasteiger partial charge is 0.354 e. The van der Waals surface area contributed by atoms with Crippen molar-refractivity contribution in [3.05, 3.63) is 38.9 Å². The molecule has 1 atom stereocenters. The number of carbonyl (C=O) groups excluding carboxylic acids is 2. The fourth-order valence-corrected chi connectivity index (χ4v) is 1.76. The molecular formula is C13H16ClN3O4. The van der Waals surface area contributed by atoms with Gasteiger partial charge in [-0.25, -0.2) is 0 Å². The van der Waals surface area contributed by atoms with Gasteiger partial charge in [-0.2, -0.15) is 0 Å². The van der Waals surface area contributed by atoms with Crippen molar-refractivity contribution >= 4 is 29.1 Å². The molecule has 0 fully saturated rings. The van der Waals surface area contributed by atoms with E-state index in [0.717, 1.165) is 12.5 Å². The van der Waals surface area contributed by atoms with Gasteiger partial charge in [0.1, 0.15) is 11.6 Å². The summed E-state index contributed by atoms with van der Waals surface area (Å²) in [6.45, 7) is 3.90. The molecule has 0 spiro atoms. The number of nitrogens with zero attached hydrogens (tertiary/aromatic N) is 1. The average molecular weight is 314 g/mol. The predicted molar refractivity (Wildman–Crippen MR) is 78.3 cm³/mol. The fourth-order valence-electron chi connectivity index (χ4n) is 1.59. The standard InChI is InChI=1S/C13H16ClN3O4/c1-3-6-15-12(18)8(2)16-13(19)10-7-9(14)4-5-11(10)17(20)21/h4-5,7-8H,3,6H2,1-2H3,(H,15,18)(H,16,19). The predicted octanol–water partition coefficient (Wildman–Crippen LogP) is 1.89. The highest BCUT2D eigenvalue weighted by Crippen LogP contribution is 2.22. The van der Waals surface area contributed by atoms with Gasteiger partial charge in [0.05, 0.1) is 4.92 Å². The summed E-state index contributed by atoms with van der Waals surface area (Å²) < 4.78 is 0. The number of nitro groups is 1. The van der Waals surface area contributed by atoms with Gasteiger partial charge in [0, 0.05) is 17.6 Å². The van der Waals surface area contributed by atoms with E-state index in [9.17, 15) is 19.7 Å². The molecule has 8 heteroatoms. The van der Waals surface area contributed by atoms with Crippen molar-refractivity contribution in [1.82, 2.24) is 10.6 Å². The second kappa shape index (κ2) is 7.58. The number of halogens is 1. The van der Waals surface area contributed by atoms with Crippen LogP contribution in [0, 0.1) is 10.1 Å². The highest BCUT2D eigenvalue weighted by Gasteiger charge is 2.23. The number of carbonyl (C=O) groups is 2. The molecule has 2 N–H and O–H groups in total. The van der Waals surface area contributed by atoms with Crippen LogP contribution in [0.2, 0.25) is 5.02 Å². The Balaban J connectivity index is 2.87. The van der Waals surface area contributed by atoms with E-state index < -0.39 is 16.9 Å². The van der Waals surface area contributed by atoms with Crippen LogP contribution in [0.1, 0.15) is 30.6 Å². The SMILES string of the molecule is CCCNC(=O)C(C)NC(=O)c1cc(Cl)ccc1[N+](=O)[O-]. The lowest BCUT2D eigenvalue weighted by Crippen LogP contribution is -2.45. The molecule has 0 bridgehead atoms. The van der Waals surface area contributed by atoms with Gasteiger partial charge >= 0.3 is 0 Å². The van der Waals surface area contributed by atoms with Crippen molar-refractivity contribution in [1.29, 1.82) is 0 Å². The summed E-state index contributed by atoms with van der Waals surface area (Å²) in [5.74, 6) is -1.07. The summed E-state index contributed by atoms with van der Waals surface area (Å²) >= 11 is 5.75. The Morgan fingerprint density at radius 2 is 2.10 bits per heavy atom. The maximum atomic E-state index is 12.1. The highest BCUT2D eigenvalue weighted by atomic mass is 35.5. The van der Waals surface area contributed by atoms with Crippen LogP contribution in [0.3, 0.4) is 0 Å². The molecule has 0 aliphatic rings. The Kier molecular flexibility index (Phi) is 6.10. The summed E-state index contributed by atoms with van der Waals surface area (Å²) in [6.07, 6.45) is 0.770. The van der Waals surface area contributed by atoms with Gasteiger partial charge in [-0.15, -0.1) is 0 Å². The average Bonchev–Trinajstić information content (AvgIpc) is 2.43. The van der Waals surface area contributed by atoms with Crippen LogP contribution in [0.25, 0.3) is 0 Å². The smallest absolute Gasteiger partial charge is 0.282 e. The lowest BCUT2D eigenvalue weighted by molar-refractivity contribution is -0.385. The summed E-state index contributed by atoms with van der Waals surface area (Å²) in [5.41, 5.74) is -0.541. The lowest BCUT2D eigenvalue weighted by atomic mass is 10.1. The minimum atomic E-state index is -0.803. The Bertz CT molecular complexity index is 562. The van der Waals surface area contributed by atoms with Crippen LogP contribution in [0.5, 0.6) is 0 Å². The first-order chi connectivity index (χ1) is 9.86. The van der Waals surface area contributed by atoms with E-state index in [1.54, 1.807) is 0 Å². The Morgan fingerprint density at radius 1 is 1.43 bits per heavy atom. The number of nitrogens with one attached hydrogen (secondary N) is 2. The van der Waals surface area contributed by atoms with Gasteiger partial charge in [-0.1, -0.05) is 18.5 Å². The maximum Gasteiger partial charge on any atom is 0.282 e. The molecule has 0 saturated heterocycles. The molecule has 0 radical (unpaired) electrons. The molecule has 1 aromatic rings. The molecule has 1 unspecified atom stereocenters. The van der Waals surface area contributed by atoms with Crippen LogP contribution >= 0.6 is 11.6 Å². The quantitative estimate of drug-likeness (QED) is 0.618. The first kappa shape index (κ1) is 16.9. The summed E-state index contributed by atoms with van der Waals surface area (Å²) in [5, 5.41) is 16.1. The van der Waals surface area contributed by atoms with E-state index in [-0.39, 0.29) is 22.2 Å². The molecular weight excluding hydrogens is 298 g/mol. The first-order valence-corrected chi connectivity index (χ1v) is 6.77. The van der Waals surface area contributed by atoms with Gasteiger partial charge in [0.2, 0.25) is 5.91 Å². The van der Waals surface area contributed by atoms with Gasteiger partial charge in [0.15, 0.2) is 0 Å². The number of hydrogen-bond acceptors (Lipinski definition) is 4.